The highest BCUT2D eigenvalue weighted by Crippen LogP contribution is 2.31. The predicted molar refractivity (Wildman–Crippen MR) is 93.3 cm³/mol. The van der Waals surface area contributed by atoms with Crippen molar-refractivity contribution in [2.24, 2.45) is 0 Å². The van der Waals surface area contributed by atoms with Crippen LogP contribution in [0, 0.1) is 0 Å². The lowest BCUT2D eigenvalue weighted by molar-refractivity contribution is 0.00401. The van der Waals surface area contributed by atoms with Crippen LogP contribution in [0.15, 0.2) is 30.6 Å². The second kappa shape index (κ2) is 8.02. The molecule has 7 nitrogen and oxygen atoms in total. The van der Waals surface area contributed by atoms with Crippen LogP contribution in [-0.4, -0.2) is 42.6 Å². The maximum atomic E-state index is 12.6. The number of rotatable bonds is 6. The summed E-state index contributed by atoms with van der Waals surface area (Å²) in [4.78, 5) is 12.6. The third kappa shape index (κ3) is 4.11. The Bertz CT molecular complexity index is 723. The lowest BCUT2D eigenvalue weighted by Gasteiger charge is -2.22. The zero-order chi connectivity index (χ0) is 17.6. The molecule has 7 heteroatoms. The molecule has 0 bridgehead atoms. The van der Waals surface area contributed by atoms with Gasteiger partial charge in [-0.15, -0.1) is 0 Å². The summed E-state index contributed by atoms with van der Waals surface area (Å²) < 4.78 is 18.1. The standard InChI is InChI=1S/C18H23N3O4/c1-23-16-8-5-7-15(17(16)24-2)18(22)20-13-10-19-21(11-13)12-14-6-3-4-9-25-14/h5,7-8,10-11,14H,3-4,6,9,12H2,1-2H3,(H,20,22). The molecule has 1 amide bonds. The number of carbonyl (C=O) groups is 1. The Morgan fingerprint density at radius 1 is 1.36 bits per heavy atom. The number of hydrogen-bond acceptors (Lipinski definition) is 5. The van der Waals surface area contributed by atoms with E-state index in [-0.39, 0.29) is 12.0 Å². The van der Waals surface area contributed by atoms with Gasteiger partial charge in [-0.3, -0.25) is 9.48 Å². The fourth-order valence-electron chi connectivity index (χ4n) is 2.95. The Hall–Kier alpha value is -2.54. The third-order valence-corrected chi connectivity index (χ3v) is 4.20. The summed E-state index contributed by atoms with van der Waals surface area (Å²) in [5, 5.41) is 7.14. The SMILES string of the molecule is COc1cccc(C(=O)Nc2cnn(CC3CCCCO3)c2)c1OC. The molecule has 1 unspecified atom stereocenters. The number of methoxy groups -OCH3 is 2. The number of aromatic nitrogens is 2. The molecule has 1 N–H and O–H groups in total. The molecule has 0 aliphatic carbocycles. The fraction of sp³-hybridized carbons (Fsp3) is 0.444. The summed E-state index contributed by atoms with van der Waals surface area (Å²) in [5.74, 6) is 0.648. The van der Waals surface area contributed by atoms with Crippen molar-refractivity contribution in [3.05, 3.63) is 36.2 Å². The minimum absolute atomic E-state index is 0.190. The normalized spacial score (nSPS) is 17.1. The van der Waals surface area contributed by atoms with Crippen LogP contribution < -0.4 is 14.8 Å². The van der Waals surface area contributed by atoms with Crippen molar-refractivity contribution >= 4 is 11.6 Å². The molecule has 25 heavy (non-hydrogen) atoms. The van der Waals surface area contributed by atoms with Crippen LogP contribution in [0.2, 0.25) is 0 Å². The van der Waals surface area contributed by atoms with Gasteiger partial charge in [-0.05, 0) is 31.4 Å². The molecule has 1 aromatic heterocycles. The van der Waals surface area contributed by atoms with Crippen LogP contribution in [0.25, 0.3) is 0 Å². The monoisotopic (exact) mass is 345 g/mol. The first-order valence-corrected chi connectivity index (χ1v) is 8.37. The summed E-state index contributed by atoms with van der Waals surface area (Å²) in [6.45, 7) is 1.50. The molecule has 3 rings (SSSR count). The molecule has 1 aliphatic rings. The second-order valence-corrected chi connectivity index (χ2v) is 5.93. The highest BCUT2D eigenvalue weighted by Gasteiger charge is 2.18. The van der Waals surface area contributed by atoms with Crippen LogP contribution in [0.4, 0.5) is 5.69 Å². The first kappa shape index (κ1) is 17.3. The van der Waals surface area contributed by atoms with Crippen molar-refractivity contribution in [1.82, 2.24) is 9.78 Å². The van der Waals surface area contributed by atoms with Crippen molar-refractivity contribution in [1.29, 1.82) is 0 Å². The van der Waals surface area contributed by atoms with Gasteiger partial charge in [0.1, 0.15) is 0 Å². The molecule has 0 saturated carbocycles. The van der Waals surface area contributed by atoms with Gasteiger partial charge < -0.3 is 19.5 Å². The lowest BCUT2D eigenvalue weighted by atomic mass is 10.1. The molecule has 1 aliphatic heterocycles. The van der Waals surface area contributed by atoms with E-state index in [2.05, 4.69) is 10.4 Å². The zero-order valence-corrected chi connectivity index (χ0v) is 14.5. The Morgan fingerprint density at radius 3 is 2.96 bits per heavy atom. The average molecular weight is 345 g/mol. The van der Waals surface area contributed by atoms with Gasteiger partial charge in [0.25, 0.3) is 5.91 Å². The van der Waals surface area contributed by atoms with Crippen LogP contribution in [0.3, 0.4) is 0 Å². The smallest absolute Gasteiger partial charge is 0.259 e. The molecule has 134 valence electrons. The molecule has 1 saturated heterocycles. The molecule has 1 fully saturated rings. The second-order valence-electron chi connectivity index (χ2n) is 5.93. The van der Waals surface area contributed by atoms with Crippen molar-refractivity contribution < 1.29 is 19.0 Å². The Balaban J connectivity index is 1.67. The molecule has 2 aromatic rings. The number of nitrogens with zero attached hydrogens (tertiary/aromatic N) is 2. The maximum absolute atomic E-state index is 12.6. The topological polar surface area (TPSA) is 74.6 Å². The number of carbonyl (C=O) groups excluding carboxylic acids is 1. The average Bonchev–Trinajstić information content (AvgIpc) is 3.08. The first-order valence-electron chi connectivity index (χ1n) is 8.37. The van der Waals surface area contributed by atoms with Crippen LogP contribution in [-0.2, 0) is 11.3 Å². The number of nitrogens with one attached hydrogen (secondary N) is 1. The van der Waals surface area contributed by atoms with Crippen LogP contribution in [0.1, 0.15) is 29.6 Å². The number of anilines is 1. The fourth-order valence-corrected chi connectivity index (χ4v) is 2.95. The van der Waals surface area contributed by atoms with Gasteiger partial charge in [-0.25, -0.2) is 0 Å². The molecular formula is C18H23N3O4. The van der Waals surface area contributed by atoms with E-state index in [1.54, 1.807) is 29.1 Å². The van der Waals surface area contributed by atoms with Gasteiger partial charge in [0.15, 0.2) is 11.5 Å². The molecule has 1 aromatic carbocycles. The number of para-hydroxylation sites is 1. The van der Waals surface area contributed by atoms with Gasteiger partial charge >= 0.3 is 0 Å². The molecular weight excluding hydrogens is 322 g/mol. The van der Waals surface area contributed by atoms with Gasteiger partial charge in [0.2, 0.25) is 0 Å². The highest BCUT2D eigenvalue weighted by molar-refractivity contribution is 6.06. The van der Waals surface area contributed by atoms with Gasteiger partial charge in [0.05, 0.1) is 44.3 Å². The van der Waals surface area contributed by atoms with Gasteiger partial charge in [-0.2, -0.15) is 5.10 Å². The van der Waals surface area contributed by atoms with E-state index in [1.165, 1.54) is 20.6 Å². The predicted octanol–water partition coefficient (Wildman–Crippen LogP) is 2.72. The highest BCUT2D eigenvalue weighted by atomic mass is 16.5. The quantitative estimate of drug-likeness (QED) is 0.871. The van der Waals surface area contributed by atoms with Crippen LogP contribution in [0.5, 0.6) is 11.5 Å². The maximum Gasteiger partial charge on any atom is 0.259 e. The largest absolute Gasteiger partial charge is 0.493 e. The summed E-state index contributed by atoms with van der Waals surface area (Å²) in [5.41, 5.74) is 1.04. The van der Waals surface area contributed by atoms with E-state index in [0.717, 1.165) is 19.4 Å². The van der Waals surface area contributed by atoms with E-state index < -0.39 is 0 Å². The molecule has 1 atom stereocenters. The molecule has 0 spiro atoms. The van der Waals surface area contributed by atoms with Gasteiger partial charge in [-0.1, -0.05) is 6.07 Å². The minimum Gasteiger partial charge on any atom is -0.493 e. The molecule has 2 heterocycles. The van der Waals surface area contributed by atoms with Crippen molar-refractivity contribution in [3.8, 4) is 11.5 Å². The van der Waals surface area contributed by atoms with Crippen molar-refractivity contribution in [2.45, 2.75) is 31.9 Å². The Morgan fingerprint density at radius 2 is 2.24 bits per heavy atom. The number of ether oxygens (including phenoxy) is 3. The van der Waals surface area contributed by atoms with Crippen molar-refractivity contribution in [2.75, 3.05) is 26.1 Å². The number of amides is 1. The van der Waals surface area contributed by atoms with E-state index in [9.17, 15) is 4.79 Å². The Kier molecular flexibility index (Phi) is 5.55. The van der Waals surface area contributed by atoms with E-state index in [0.29, 0.717) is 29.3 Å². The van der Waals surface area contributed by atoms with Crippen LogP contribution >= 0.6 is 0 Å². The molecule has 0 radical (unpaired) electrons. The van der Waals surface area contributed by atoms with Gasteiger partial charge in [0, 0.05) is 12.8 Å². The summed E-state index contributed by atoms with van der Waals surface area (Å²) in [6, 6.07) is 5.19. The van der Waals surface area contributed by atoms with Crippen molar-refractivity contribution in [3.63, 3.8) is 0 Å². The summed E-state index contributed by atoms with van der Waals surface area (Å²) in [6.07, 6.45) is 6.98. The minimum atomic E-state index is -0.274. The Labute approximate surface area is 146 Å². The number of benzene rings is 1. The third-order valence-electron chi connectivity index (χ3n) is 4.20. The summed E-state index contributed by atoms with van der Waals surface area (Å²) in [7, 11) is 3.05. The van der Waals surface area contributed by atoms with E-state index in [1.807, 2.05) is 6.20 Å². The summed E-state index contributed by atoms with van der Waals surface area (Å²) >= 11 is 0. The number of hydrogen-bond donors (Lipinski definition) is 1. The zero-order valence-electron chi connectivity index (χ0n) is 14.5. The first-order chi connectivity index (χ1) is 12.2. The van der Waals surface area contributed by atoms with E-state index >= 15 is 0 Å². The van der Waals surface area contributed by atoms with E-state index in [4.69, 9.17) is 14.2 Å². The lowest BCUT2D eigenvalue weighted by Crippen LogP contribution is -2.24.